The summed E-state index contributed by atoms with van der Waals surface area (Å²) in [6, 6.07) is 0. The second kappa shape index (κ2) is 3.43. The quantitative estimate of drug-likeness (QED) is 0.540. The maximum Gasteiger partial charge on any atom is 0.134 e. The third kappa shape index (κ3) is 1.61. The van der Waals surface area contributed by atoms with Crippen LogP contribution in [-0.4, -0.2) is 15.6 Å². The first-order valence-electron chi connectivity index (χ1n) is 4.02. The van der Waals surface area contributed by atoms with Crippen LogP contribution in [0.1, 0.15) is 17.0 Å². The molecule has 0 bridgehead atoms. The molecule has 0 fully saturated rings. The summed E-state index contributed by atoms with van der Waals surface area (Å²) in [5.41, 5.74) is 8.56. The van der Waals surface area contributed by atoms with Crippen molar-refractivity contribution in [2.45, 2.75) is 13.8 Å². The van der Waals surface area contributed by atoms with Crippen LogP contribution in [0.25, 0.3) is 0 Å². The molecule has 1 rings (SSSR count). The Balaban J connectivity index is 3.28. The lowest BCUT2D eigenvalue weighted by Gasteiger charge is -1.99. The molecule has 0 aromatic carbocycles. The van der Waals surface area contributed by atoms with E-state index in [-0.39, 0.29) is 0 Å². The summed E-state index contributed by atoms with van der Waals surface area (Å²) in [6.45, 7) is 7.37. The summed E-state index contributed by atoms with van der Waals surface area (Å²) in [5, 5.41) is 4.24. The van der Waals surface area contributed by atoms with E-state index in [0.717, 1.165) is 17.0 Å². The van der Waals surface area contributed by atoms with Crippen LogP contribution in [0.4, 0.5) is 0 Å². The van der Waals surface area contributed by atoms with Crippen LogP contribution in [0, 0.1) is 13.8 Å². The van der Waals surface area contributed by atoms with Gasteiger partial charge in [-0.05, 0) is 13.8 Å². The molecule has 1 heterocycles. The number of amidine groups is 1. The van der Waals surface area contributed by atoms with Gasteiger partial charge in [0.25, 0.3) is 0 Å². The molecule has 4 nitrogen and oxygen atoms in total. The Morgan fingerprint density at radius 2 is 2.23 bits per heavy atom. The molecular formula is C9H14N4. The number of nitrogens with two attached hydrogens (primary N) is 1. The zero-order valence-electron chi connectivity index (χ0n) is 8.20. The molecule has 13 heavy (non-hydrogen) atoms. The van der Waals surface area contributed by atoms with E-state index in [4.69, 9.17) is 5.73 Å². The predicted molar refractivity (Wildman–Crippen MR) is 53.6 cm³/mol. The first-order valence-corrected chi connectivity index (χ1v) is 4.02. The molecule has 2 N–H and O–H groups in total. The molecule has 0 amide bonds. The highest BCUT2D eigenvalue weighted by molar-refractivity contribution is 5.99. The maximum absolute atomic E-state index is 5.75. The van der Waals surface area contributed by atoms with Gasteiger partial charge in [0, 0.05) is 18.9 Å². The lowest BCUT2D eigenvalue weighted by Crippen LogP contribution is -2.14. The summed E-state index contributed by atoms with van der Waals surface area (Å²) < 4.78 is 1.79. The Kier molecular flexibility index (Phi) is 2.51. The third-order valence-electron chi connectivity index (χ3n) is 2.00. The monoisotopic (exact) mass is 178 g/mol. The Bertz CT molecular complexity index is 360. The van der Waals surface area contributed by atoms with Gasteiger partial charge in [-0.3, -0.25) is 4.68 Å². The molecule has 1 aromatic rings. The topological polar surface area (TPSA) is 56.2 Å². The molecule has 0 radical (unpaired) electrons. The third-order valence-corrected chi connectivity index (χ3v) is 2.00. The average molecular weight is 178 g/mol. The predicted octanol–water partition coefficient (Wildman–Crippen LogP) is 0.886. The Morgan fingerprint density at radius 1 is 1.62 bits per heavy atom. The van der Waals surface area contributed by atoms with Gasteiger partial charge >= 0.3 is 0 Å². The van der Waals surface area contributed by atoms with Gasteiger partial charge in [0.05, 0.1) is 11.3 Å². The van der Waals surface area contributed by atoms with Crippen LogP contribution in [0.2, 0.25) is 0 Å². The Labute approximate surface area is 77.8 Å². The first-order chi connectivity index (χ1) is 6.07. The van der Waals surface area contributed by atoms with Crippen molar-refractivity contribution in [3.63, 3.8) is 0 Å². The van der Waals surface area contributed by atoms with Crippen LogP contribution in [0.15, 0.2) is 17.8 Å². The normalized spacial score (nSPS) is 11.8. The molecule has 0 aliphatic heterocycles. The van der Waals surface area contributed by atoms with Crippen molar-refractivity contribution in [3.8, 4) is 0 Å². The summed E-state index contributed by atoms with van der Waals surface area (Å²) in [4.78, 5) is 3.93. The molecular weight excluding hydrogens is 164 g/mol. The summed E-state index contributed by atoms with van der Waals surface area (Å²) >= 11 is 0. The second-order valence-corrected chi connectivity index (χ2v) is 2.87. The minimum atomic E-state index is 0.470. The molecule has 0 atom stereocenters. The number of aliphatic imine (C=N–C) groups is 1. The van der Waals surface area contributed by atoms with E-state index < -0.39 is 0 Å². The van der Waals surface area contributed by atoms with E-state index in [1.165, 1.54) is 6.20 Å². The number of rotatable bonds is 2. The minimum absolute atomic E-state index is 0.470. The summed E-state index contributed by atoms with van der Waals surface area (Å²) in [7, 11) is 1.88. The van der Waals surface area contributed by atoms with E-state index in [2.05, 4.69) is 16.7 Å². The van der Waals surface area contributed by atoms with Crippen molar-refractivity contribution < 1.29 is 0 Å². The number of aryl methyl sites for hydroxylation is 2. The van der Waals surface area contributed by atoms with Crippen LogP contribution in [-0.2, 0) is 7.05 Å². The van der Waals surface area contributed by atoms with E-state index in [1.807, 2.05) is 20.9 Å². The number of nitrogens with zero attached hydrogens (tertiary/aromatic N) is 3. The van der Waals surface area contributed by atoms with Crippen molar-refractivity contribution >= 4 is 5.84 Å². The zero-order chi connectivity index (χ0) is 10.0. The smallest absolute Gasteiger partial charge is 0.134 e. The fourth-order valence-corrected chi connectivity index (χ4v) is 1.31. The highest BCUT2D eigenvalue weighted by atomic mass is 15.3. The van der Waals surface area contributed by atoms with Gasteiger partial charge < -0.3 is 5.73 Å². The van der Waals surface area contributed by atoms with Gasteiger partial charge in [0.1, 0.15) is 5.84 Å². The minimum Gasteiger partial charge on any atom is -0.383 e. The molecule has 0 aliphatic rings. The number of aromatic nitrogens is 2. The second-order valence-electron chi connectivity index (χ2n) is 2.87. The van der Waals surface area contributed by atoms with Crippen molar-refractivity contribution in [2.75, 3.05) is 0 Å². The summed E-state index contributed by atoms with van der Waals surface area (Å²) in [5.74, 6) is 0.470. The molecule has 0 spiro atoms. The van der Waals surface area contributed by atoms with Crippen molar-refractivity contribution in [2.24, 2.45) is 17.8 Å². The molecule has 70 valence electrons. The van der Waals surface area contributed by atoms with Crippen molar-refractivity contribution in [1.82, 2.24) is 9.78 Å². The van der Waals surface area contributed by atoms with Crippen LogP contribution >= 0.6 is 0 Å². The van der Waals surface area contributed by atoms with Gasteiger partial charge in [-0.25, -0.2) is 4.99 Å². The van der Waals surface area contributed by atoms with Crippen molar-refractivity contribution in [1.29, 1.82) is 0 Å². The van der Waals surface area contributed by atoms with Crippen molar-refractivity contribution in [3.05, 3.63) is 29.7 Å². The molecule has 0 saturated heterocycles. The highest BCUT2D eigenvalue weighted by Crippen LogP contribution is 2.10. The molecule has 0 saturated carbocycles. The average Bonchev–Trinajstić information content (AvgIpc) is 2.27. The van der Waals surface area contributed by atoms with E-state index in [9.17, 15) is 0 Å². The Morgan fingerprint density at radius 3 is 2.62 bits per heavy atom. The van der Waals surface area contributed by atoms with E-state index >= 15 is 0 Å². The number of hydrogen-bond donors (Lipinski definition) is 1. The van der Waals surface area contributed by atoms with E-state index in [0.29, 0.717) is 5.84 Å². The van der Waals surface area contributed by atoms with Gasteiger partial charge in [-0.15, -0.1) is 0 Å². The lowest BCUT2D eigenvalue weighted by atomic mass is 10.2. The largest absolute Gasteiger partial charge is 0.383 e. The Hall–Kier alpha value is -1.58. The van der Waals surface area contributed by atoms with Gasteiger partial charge in [-0.2, -0.15) is 5.10 Å². The van der Waals surface area contributed by atoms with Gasteiger partial charge in [-0.1, -0.05) is 6.58 Å². The highest BCUT2D eigenvalue weighted by Gasteiger charge is 2.11. The van der Waals surface area contributed by atoms with Gasteiger partial charge in [0.2, 0.25) is 0 Å². The van der Waals surface area contributed by atoms with Crippen LogP contribution < -0.4 is 5.73 Å². The molecule has 1 aromatic heterocycles. The molecule has 0 aliphatic carbocycles. The van der Waals surface area contributed by atoms with E-state index in [1.54, 1.807) is 4.68 Å². The van der Waals surface area contributed by atoms with Crippen LogP contribution in [0.3, 0.4) is 0 Å². The van der Waals surface area contributed by atoms with Crippen LogP contribution in [0.5, 0.6) is 0 Å². The first kappa shape index (κ1) is 9.51. The standard InChI is InChI=1S/C9H14N4/c1-5-11-9(10)8-6(2)12-13(4)7(8)3/h5H,1H2,2-4H3,(H2,10,11). The SMILES string of the molecule is C=CN=C(N)c1c(C)nn(C)c1C. The maximum atomic E-state index is 5.75. The fraction of sp³-hybridized carbons (Fsp3) is 0.333. The zero-order valence-corrected chi connectivity index (χ0v) is 8.20. The summed E-state index contributed by atoms with van der Waals surface area (Å²) in [6.07, 6.45) is 1.43. The molecule has 4 heteroatoms. The van der Waals surface area contributed by atoms with Gasteiger partial charge in [0.15, 0.2) is 0 Å². The lowest BCUT2D eigenvalue weighted by molar-refractivity contribution is 0.731. The molecule has 0 unspecified atom stereocenters. The fourth-order valence-electron chi connectivity index (χ4n) is 1.31. The number of hydrogen-bond acceptors (Lipinski definition) is 2.